The Kier molecular flexibility index (Phi) is 12.3. The molecule has 0 aliphatic heterocycles. The summed E-state index contributed by atoms with van der Waals surface area (Å²) in [6.07, 6.45) is 11.5. The standard InChI is InChI=1S/C56H70N4O2/c1-33-22-44(23-34(2)48(33)57)55(18-14-12-15-19-55)46-26-37(5)50(38(6)27-46)59-52(61)41-30-42(32-43(31-41)54(9,10)11)53(62)60-51-39(7)28-47(29-40(51)8)56(20-16-13-17-21-56)45-24-35(3)49(58)36(4)25-45/h22-32H,12-21,57-58H2,1-11H3,(H,59,61)(H,60,62). The van der Waals surface area contributed by atoms with Crippen LogP contribution in [0.15, 0.2) is 66.7 Å². The van der Waals surface area contributed by atoms with Crippen molar-refractivity contribution in [2.75, 3.05) is 22.1 Å². The quantitative estimate of drug-likeness (QED) is 0.117. The Bertz CT molecular complexity index is 2300. The topological polar surface area (TPSA) is 110 Å². The lowest BCUT2D eigenvalue weighted by Crippen LogP contribution is -2.31. The Morgan fingerprint density at radius 2 is 0.710 bits per heavy atom. The summed E-state index contributed by atoms with van der Waals surface area (Å²) in [7, 11) is 0. The van der Waals surface area contributed by atoms with E-state index in [0.717, 1.165) is 98.5 Å². The summed E-state index contributed by atoms with van der Waals surface area (Å²) in [6, 6.07) is 23.9. The fourth-order valence-corrected chi connectivity index (χ4v) is 10.9. The molecule has 0 saturated heterocycles. The summed E-state index contributed by atoms with van der Waals surface area (Å²) in [5.74, 6) is -0.465. The lowest BCUT2D eigenvalue weighted by atomic mass is 9.64. The zero-order valence-electron chi connectivity index (χ0n) is 39.4. The van der Waals surface area contributed by atoms with Crippen molar-refractivity contribution in [3.05, 3.63) is 150 Å². The van der Waals surface area contributed by atoms with Gasteiger partial charge < -0.3 is 22.1 Å². The minimum atomic E-state index is -0.299. The SMILES string of the molecule is Cc1cc(C2(c3cc(C)c(NC(=O)c4cc(C(=O)Nc5c(C)cc(C6(c7cc(C)c(N)c(C)c7)CCCCC6)cc5C)cc(C(C)(C)C)c4)c(C)c3)CCCCC2)cc(C)c1N. The Morgan fingerprint density at radius 3 is 0.984 bits per heavy atom. The number of carbonyl (C=O) groups is 2. The number of anilines is 4. The van der Waals surface area contributed by atoms with Gasteiger partial charge in [-0.1, -0.05) is 108 Å². The predicted octanol–water partition coefficient (Wildman–Crippen LogP) is 13.6. The highest BCUT2D eigenvalue weighted by atomic mass is 16.2. The Hall–Kier alpha value is -5.36. The Morgan fingerprint density at radius 1 is 0.435 bits per heavy atom. The molecule has 2 fully saturated rings. The minimum Gasteiger partial charge on any atom is -0.398 e. The van der Waals surface area contributed by atoms with Crippen LogP contribution in [0.1, 0.15) is 178 Å². The molecule has 7 rings (SSSR count). The van der Waals surface area contributed by atoms with Crippen molar-refractivity contribution in [1.29, 1.82) is 0 Å². The number of hydrogen-bond acceptors (Lipinski definition) is 4. The first-order chi connectivity index (χ1) is 29.2. The van der Waals surface area contributed by atoms with Gasteiger partial charge in [-0.3, -0.25) is 9.59 Å². The van der Waals surface area contributed by atoms with E-state index in [1.165, 1.54) is 60.8 Å². The van der Waals surface area contributed by atoms with Crippen LogP contribution < -0.4 is 22.1 Å². The number of carbonyl (C=O) groups excluding carboxylic acids is 2. The molecule has 0 aromatic heterocycles. The summed E-state index contributed by atoms with van der Waals surface area (Å²) in [5, 5.41) is 6.57. The van der Waals surface area contributed by atoms with Crippen LogP contribution in [0.5, 0.6) is 0 Å². The number of benzene rings is 5. The van der Waals surface area contributed by atoms with Crippen molar-refractivity contribution in [1.82, 2.24) is 0 Å². The van der Waals surface area contributed by atoms with Gasteiger partial charge in [0.05, 0.1) is 0 Å². The van der Waals surface area contributed by atoms with Crippen LogP contribution in [0.4, 0.5) is 22.7 Å². The molecule has 2 saturated carbocycles. The van der Waals surface area contributed by atoms with Crippen LogP contribution in [-0.2, 0) is 16.2 Å². The van der Waals surface area contributed by atoms with E-state index in [0.29, 0.717) is 11.1 Å². The number of nitrogens with one attached hydrogen (secondary N) is 2. The molecule has 326 valence electrons. The molecule has 62 heavy (non-hydrogen) atoms. The fraction of sp³-hybridized carbons (Fsp3) is 0.429. The predicted molar refractivity (Wildman–Crippen MR) is 261 cm³/mol. The van der Waals surface area contributed by atoms with Gasteiger partial charge in [0.25, 0.3) is 11.8 Å². The zero-order valence-corrected chi connectivity index (χ0v) is 39.4. The van der Waals surface area contributed by atoms with Crippen molar-refractivity contribution in [3.63, 3.8) is 0 Å². The minimum absolute atomic E-state index is 0.105. The van der Waals surface area contributed by atoms with E-state index in [1.807, 2.05) is 12.1 Å². The van der Waals surface area contributed by atoms with E-state index in [4.69, 9.17) is 11.5 Å². The van der Waals surface area contributed by atoms with E-state index in [-0.39, 0.29) is 28.1 Å². The van der Waals surface area contributed by atoms with Crippen molar-refractivity contribution >= 4 is 34.6 Å². The molecule has 2 aliphatic rings. The monoisotopic (exact) mass is 831 g/mol. The zero-order chi connectivity index (χ0) is 44.9. The molecule has 2 amide bonds. The lowest BCUT2D eigenvalue weighted by Gasteiger charge is -2.40. The maximum Gasteiger partial charge on any atom is 0.255 e. The van der Waals surface area contributed by atoms with Gasteiger partial charge in [-0.15, -0.1) is 0 Å². The van der Waals surface area contributed by atoms with Gasteiger partial charge in [0.2, 0.25) is 0 Å². The number of aryl methyl sites for hydroxylation is 8. The van der Waals surface area contributed by atoms with E-state index in [9.17, 15) is 9.59 Å². The van der Waals surface area contributed by atoms with Gasteiger partial charge in [0.1, 0.15) is 0 Å². The second-order valence-electron chi connectivity index (χ2n) is 20.3. The van der Waals surface area contributed by atoms with E-state index in [1.54, 1.807) is 6.07 Å². The second kappa shape index (κ2) is 17.1. The van der Waals surface area contributed by atoms with E-state index < -0.39 is 0 Å². The molecule has 0 spiro atoms. The van der Waals surface area contributed by atoms with E-state index >= 15 is 0 Å². The molecule has 6 nitrogen and oxygen atoms in total. The first-order valence-electron chi connectivity index (χ1n) is 23.0. The largest absolute Gasteiger partial charge is 0.398 e. The van der Waals surface area contributed by atoms with Crippen LogP contribution in [-0.4, -0.2) is 11.8 Å². The molecule has 6 heteroatoms. The summed E-state index contributed by atoms with van der Waals surface area (Å²) < 4.78 is 0. The van der Waals surface area contributed by atoms with Crippen LogP contribution in [0.3, 0.4) is 0 Å². The van der Waals surface area contributed by atoms with Gasteiger partial charge >= 0.3 is 0 Å². The number of rotatable bonds is 8. The third-order valence-corrected chi connectivity index (χ3v) is 14.7. The van der Waals surface area contributed by atoms with Gasteiger partial charge in [-0.05, 0) is 177 Å². The molecule has 5 aromatic carbocycles. The molecule has 6 N–H and O–H groups in total. The second-order valence-corrected chi connectivity index (χ2v) is 20.3. The van der Waals surface area contributed by atoms with Gasteiger partial charge in [0, 0.05) is 44.7 Å². The van der Waals surface area contributed by atoms with Gasteiger partial charge in [-0.2, -0.15) is 0 Å². The summed E-state index contributed by atoms with van der Waals surface area (Å²) in [5.41, 5.74) is 31.4. The van der Waals surface area contributed by atoms with Crippen LogP contribution >= 0.6 is 0 Å². The maximum absolute atomic E-state index is 14.4. The van der Waals surface area contributed by atoms with Gasteiger partial charge in [-0.25, -0.2) is 0 Å². The first kappa shape index (κ1) is 44.7. The molecule has 0 unspecified atom stereocenters. The normalized spacial score (nSPS) is 16.2. The number of hydrogen-bond donors (Lipinski definition) is 4. The Labute approximate surface area is 371 Å². The third kappa shape index (κ3) is 8.42. The van der Waals surface area contributed by atoms with Crippen LogP contribution in [0.2, 0.25) is 0 Å². The summed E-state index contributed by atoms with van der Waals surface area (Å²) >= 11 is 0. The molecular formula is C56H70N4O2. The fourth-order valence-electron chi connectivity index (χ4n) is 10.9. The van der Waals surface area contributed by atoms with Crippen molar-refractivity contribution in [3.8, 4) is 0 Å². The van der Waals surface area contributed by atoms with Gasteiger partial charge in [0.15, 0.2) is 0 Å². The first-order valence-corrected chi connectivity index (χ1v) is 23.0. The highest BCUT2D eigenvalue weighted by Crippen LogP contribution is 2.49. The molecule has 0 heterocycles. The van der Waals surface area contributed by atoms with E-state index in [2.05, 4.69) is 135 Å². The number of amides is 2. The molecule has 0 radical (unpaired) electrons. The number of nitrogen functional groups attached to an aromatic ring is 2. The average molecular weight is 831 g/mol. The van der Waals surface area contributed by atoms with Crippen molar-refractivity contribution in [2.24, 2.45) is 0 Å². The smallest absolute Gasteiger partial charge is 0.255 e. The molecule has 2 aliphatic carbocycles. The summed E-state index contributed by atoms with van der Waals surface area (Å²) in [4.78, 5) is 28.7. The maximum atomic E-state index is 14.4. The third-order valence-electron chi connectivity index (χ3n) is 14.7. The van der Waals surface area contributed by atoms with Crippen LogP contribution in [0, 0.1) is 55.4 Å². The Balaban J connectivity index is 1.19. The molecule has 0 bridgehead atoms. The number of nitrogens with two attached hydrogens (primary N) is 2. The average Bonchev–Trinajstić information content (AvgIpc) is 3.23. The highest BCUT2D eigenvalue weighted by Gasteiger charge is 2.38. The highest BCUT2D eigenvalue weighted by molar-refractivity contribution is 6.10. The molecule has 0 atom stereocenters. The molecule has 5 aromatic rings. The van der Waals surface area contributed by atoms with Crippen LogP contribution in [0.25, 0.3) is 0 Å². The summed E-state index contributed by atoms with van der Waals surface area (Å²) in [6.45, 7) is 23.1. The van der Waals surface area contributed by atoms with Crippen molar-refractivity contribution in [2.45, 2.75) is 157 Å². The lowest BCUT2D eigenvalue weighted by molar-refractivity contribution is 0.102. The van der Waals surface area contributed by atoms with Crippen molar-refractivity contribution < 1.29 is 9.59 Å². The molecular weight excluding hydrogens is 761 g/mol.